The highest BCUT2D eigenvalue weighted by atomic mass is 16.6. The molecule has 2 heterocycles. The van der Waals surface area contributed by atoms with E-state index >= 15 is 0 Å². The molecule has 88 valence electrons. The maximum atomic E-state index is 5.53. The third-order valence-electron chi connectivity index (χ3n) is 2.63. The monoisotopic (exact) mass is 232 g/mol. The van der Waals surface area contributed by atoms with Crippen LogP contribution in [0.3, 0.4) is 0 Å². The molecule has 0 bridgehead atoms. The molecular weight excluding hydrogens is 220 g/mol. The van der Waals surface area contributed by atoms with Crippen LogP contribution >= 0.6 is 0 Å². The maximum Gasteiger partial charge on any atom is 0.174 e. The lowest BCUT2D eigenvalue weighted by atomic mass is 10.1. The fraction of sp³-hybridized carbons (Fsp3) is 0.364. The number of hydrogen-bond donors (Lipinski definition) is 1. The molecule has 3 rings (SSSR count). The molecule has 1 aromatic heterocycles. The van der Waals surface area contributed by atoms with E-state index in [1.165, 1.54) is 5.56 Å². The van der Waals surface area contributed by atoms with Gasteiger partial charge in [-0.3, -0.25) is 0 Å². The topological polar surface area (TPSA) is 72.9 Å². The minimum Gasteiger partial charge on any atom is -0.486 e. The Morgan fingerprint density at radius 3 is 2.82 bits per heavy atom. The molecule has 0 fully saturated rings. The van der Waals surface area contributed by atoms with Crippen molar-refractivity contribution < 1.29 is 9.47 Å². The second-order valence-electron chi connectivity index (χ2n) is 3.81. The number of benzene rings is 1. The van der Waals surface area contributed by atoms with Gasteiger partial charge in [0, 0.05) is 6.42 Å². The second kappa shape index (κ2) is 4.40. The number of hydrogen-bond acceptors (Lipinski definition) is 5. The van der Waals surface area contributed by atoms with E-state index in [1.807, 2.05) is 18.2 Å². The number of rotatable bonds is 3. The zero-order chi connectivity index (χ0) is 11.5. The first kappa shape index (κ1) is 10.1. The first-order valence-corrected chi connectivity index (χ1v) is 5.53. The zero-order valence-corrected chi connectivity index (χ0v) is 9.22. The first-order valence-electron chi connectivity index (χ1n) is 5.53. The molecule has 1 aliphatic heterocycles. The summed E-state index contributed by atoms with van der Waals surface area (Å²) in [5, 5.41) is 13.8. The zero-order valence-electron chi connectivity index (χ0n) is 9.22. The molecule has 0 saturated carbocycles. The molecule has 6 heteroatoms. The number of aromatic nitrogens is 4. The van der Waals surface area contributed by atoms with Crippen LogP contribution in [-0.2, 0) is 12.8 Å². The maximum absolute atomic E-state index is 5.53. The molecule has 0 radical (unpaired) electrons. The van der Waals surface area contributed by atoms with Crippen molar-refractivity contribution in [3.8, 4) is 11.5 Å². The highest BCUT2D eigenvalue weighted by Gasteiger charge is 2.11. The fourth-order valence-corrected chi connectivity index (χ4v) is 1.79. The number of tetrazole rings is 1. The van der Waals surface area contributed by atoms with Gasteiger partial charge >= 0.3 is 0 Å². The van der Waals surface area contributed by atoms with Crippen LogP contribution in [0.15, 0.2) is 18.2 Å². The van der Waals surface area contributed by atoms with E-state index in [0.717, 1.165) is 30.2 Å². The standard InChI is InChI=1S/C11H12N4O2/c1-3-9-10(17-6-5-16-9)7-8(1)2-4-11-12-14-15-13-11/h1,3,7H,2,4-6H2,(H,12,13,14,15). The largest absolute Gasteiger partial charge is 0.486 e. The van der Waals surface area contributed by atoms with E-state index in [-0.39, 0.29) is 0 Å². The lowest BCUT2D eigenvalue weighted by Gasteiger charge is -2.18. The highest BCUT2D eigenvalue weighted by Crippen LogP contribution is 2.30. The number of nitrogens with one attached hydrogen (secondary N) is 1. The molecule has 0 unspecified atom stereocenters. The minimum atomic E-state index is 0.612. The fourth-order valence-electron chi connectivity index (χ4n) is 1.79. The van der Waals surface area contributed by atoms with Crippen molar-refractivity contribution in [2.75, 3.05) is 13.2 Å². The Balaban J connectivity index is 1.71. The predicted octanol–water partition coefficient (Wildman–Crippen LogP) is 0.756. The number of ether oxygens (including phenoxy) is 2. The van der Waals surface area contributed by atoms with E-state index in [1.54, 1.807) is 0 Å². The van der Waals surface area contributed by atoms with E-state index < -0.39 is 0 Å². The van der Waals surface area contributed by atoms with Gasteiger partial charge in [-0.25, -0.2) is 0 Å². The lowest BCUT2D eigenvalue weighted by Crippen LogP contribution is -2.15. The van der Waals surface area contributed by atoms with Crippen molar-refractivity contribution >= 4 is 0 Å². The Morgan fingerprint density at radius 2 is 2.00 bits per heavy atom. The summed E-state index contributed by atoms with van der Waals surface area (Å²) in [5.41, 5.74) is 1.18. The second-order valence-corrected chi connectivity index (χ2v) is 3.81. The normalized spacial score (nSPS) is 13.6. The Hall–Kier alpha value is -2.11. The summed E-state index contributed by atoms with van der Waals surface area (Å²) in [4.78, 5) is 0. The van der Waals surface area contributed by atoms with Crippen molar-refractivity contribution in [2.45, 2.75) is 12.8 Å². The average Bonchev–Trinajstić information content (AvgIpc) is 2.89. The van der Waals surface area contributed by atoms with E-state index in [2.05, 4.69) is 20.6 Å². The number of fused-ring (bicyclic) bond motifs is 1. The van der Waals surface area contributed by atoms with Gasteiger partial charge in [-0.15, -0.1) is 10.2 Å². The molecule has 1 N–H and O–H groups in total. The Kier molecular flexibility index (Phi) is 2.61. The van der Waals surface area contributed by atoms with Crippen LogP contribution in [0.2, 0.25) is 0 Å². The SMILES string of the molecule is c1cc2c(cc1CCc1nn[nH]n1)OCCO2. The van der Waals surface area contributed by atoms with Gasteiger partial charge in [-0.1, -0.05) is 11.3 Å². The molecule has 1 aromatic carbocycles. The van der Waals surface area contributed by atoms with Crippen LogP contribution in [0.1, 0.15) is 11.4 Å². The van der Waals surface area contributed by atoms with Gasteiger partial charge in [0.05, 0.1) is 0 Å². The van der Waals surface area contributed by atoms with Crippen molar-refractivity contribution in [3.05, 3.63) is 29.6 Å². The van der Waals surface area contributed by atoms with E-state index in [0.29, 0.717) is 13.2 Å². The van der Waals surface area contributed by atoms with Crippen LogP contribution < -0.4 is 9.47 Å². The van der Waals surface area contributed by atoms with Crippen LogP contribution in [-0.4, -0.2) is 33.8 Å². The molecule has 0 atom stereocenters. The van der Waals surface area contributed by atoms with E-state index in [4.69, 9.17) is 9.47 Å². The average molecular weight is 232 g/mol. The summed E-state index contributed by atoms with van der Waals surface area (Å²) < 4.78 is 11.0. The molecule has 0 spiro atoms. The summed E-state index contributed by atoms with van der Waals surface area (Å²) in [6.45, 7) is 1.23. The van der Waals surface area contributed by atoms with Crippen LogP contribution in [0.25, 0.3) is 0 Å². The first-order chi connectivity index (χ1) is 8.42. The smallest absolute Gasteiger partial charge is 0.174 e. The molecule has 0 aliphatic carbocycles. The summed E-state index contributed by atoms with van der Waals surface area (Å²) in [5.74, 6) is 2.36. The summed E-state index contributed by atoms with van der Waals surface area (Å²) in [6.07, 6.45) is 1.62. The van der Waals surface area contributed by atoms with Crippen LogP contribution in [0.5, 0.6) is 11.5 Å². The highest BCUT2D eigenvalue weighted by molar-refractivity contribution is 5.43. The van der Waals surface area contributed by atoms with Crippen molar-refractivity contribution in [3.63, 3.8) is 0 Å². The van der Waals surface area contributed by atoms with Gasteiger partial charge in [0.25, 0.3) is 0 Å². The number of aromatic amines is 1. The van der Waals surface area contributed by atoms with Gasteiger partial charge in [-0.2, -0.15) is 5.21 Å². The number of aryl methyl sites for hydroxylation is 2. The van der Waals surface area contributed by atoms with Crippen molar-refractivity contribution in [1.29, 1.82) is 0 Å². The van der Waals surface area contributed by atoms with Gasteiger partial charge in [0.1, 0.15) is 13.2 Å². The number of nitrogens with zero attached hydrogens (tertiary/aromatic N) is 3. The predicted molar refractivity (Wildman–Crippen MR) is 59.0 cm³/mol. The Bertz CT molecular complexity index is 498. The number of H-pyrrole nitrogens is 1. The Morgan fingerprint density at radius 1 is 1.12 bits per heavy atom. The van der Waals surface area contributed by atoms with Gasteiger partial charge in [-0.05, 0) is 24.1 Å². The van der Waals surface area contributed by atoms with E-state index in [9.17, 15) is 0 Å². The van der Waals surface area contributed by atoms with Crippen LogP contribution in [0.4, 0.5) is 0 Å². The molecule has 6 nitrogen and oxygen atoms in total. The molecule has 17 heavy (non-hydrogen) atoms. The van der Waals surface area contributed by atoms with Gasteiger partial charge in [0.15, 0.2) is 17.3 Å². The van der Waals surface area contributed by atoms with Crippen molar-refractivity contribution in [1.82, 2.24) is 20.6 Å². The summed E-state index contributed by atoms with van der Waals surface area (Å²) >= 11 is 0. The minimum absolute atomic E-state index is 0.612. The summed E-state index contributed by atoms with van der Waals surface area (Å²) in [6, 6.07) is 5.99. The third-order valence-corrected chi connectivity index (χ3v) is 2.63. The molecular formula is C11H12N4O2. The molecule has 1 aliphatic rings. The third kappa shape index (κ3) is 2.20. The molecule has 0 amide bonds. The Labute approximate surface area is 97.9 Å². The quantitative estimate of drug-likeness (QED) is 0.845. The van der Waals surface area contributed by atoms with Crippen molar-refractivity contribution in [2.24, 2.45) is 0 Å². The molecule has 2 aromatic rings. The molecule has 0 saturated heterocycles. The lowest BCUT2D eigenvalue weighted by molar-refractivity contribution is 0.171. The van der Waals surface area contributed by atoms with Gasteiger partial charge in [0.2, 0.25) is 0 Å². The van der Waals surface area contributed by atoms with Gasteiger partial charge < -0.3 is 9.47 Å². The van der Waals surface area contributed by atoms with Crippen LogP contribution in [0, 0.1) is 0 Å². The summed E-state index contributed by atoms with van der Waals surface area (Å²) in [7, 11) is 0.